The van der Waals surface area contributed by atoms with Crippen molar-refractivity contribution in [2.45, 2.75) is 6.92 Å². The Morgan fingerprint density at radius 3 is 2.83 bits per heavy atom. The summed E-state index contributed by atoms with van der Waals surface area (Å²) in [5.74, 6) is 0.134. The monoisotopic (exact) mass is 243 g/mol. The van der Waals surface area contributed by atoms with Crippen molar-refractivity contribution in [1.82, 2.24) is 4.98 Å². The maximum absolute atomic E-state index is 13.8. The zero-order valence-corrected chi connectivity index (χ0v) is 9.66. The molecule has 3 rings (SSSR count). The number of ketones is 1. The van der Waals surface area contributed by atoms with Crippen molar-refractivity contribution in [2.24, 2.45) is 0 Å². The molecule has 2 heterocycles. The Morgan fingerprint density at radius 1 is 1.28 bits per heavy atom. The van der Waals surface area contributed by atoms with Crippen molar-refractivity contribution in [3.63, 3.8) is 0 Å². The highest BCUT2D eigenvalue weighted by Gasteiger charge is 2.19. The number of furan rings is 1. The van der Waals surface area contributed by atoms with Gasteiger partial charge in [0.2, 0.25) is 5.78 Å². The van der Waals surface area contributed by atoms with Gasteiger partial charge in [0, 0.05) is 17.1 Å². The number of carbonyl (C=O) groups is 1. The molecule has 0 aliphatic rings. The van der Waals surface area contributed by atoms with Crippen LogP contribution in [0.5, 0.6) is 0 Å². The van der Waals surface area contributed by atoms with Crippen LogP contribution >= 0.6 is 0 Å². The molecule has 18 heavy (non-hydrogen) atoms. The number of aryl methyl sites for hydroxylation is 1. The number of hydrogen-bond donors (Lipinski definition) is 1. The van der Waals surface area contributed by atoms with Crippen LogP contribution < -0.4 is 0 Å². The third-order valence-corrected chi connectivity index (χ3v) is 2.86. The van der Waals surface area contributed by atoms with Crippen molar-refractivity contribution in [1.29, 1.82) is 0 Å². The number of fused-ring (bicyclic) bond motifs is 1. The average molecular weight is 243 g/mol. The number of rotatable bonds is 2. The van der Waals surface area contributed by atoms with Crippen LogP contribution in [0.2, 0.25) is 0 Å². The van der Waals surface area contributed by atoms with Gasteiger partial charge in [-0.1, -0.05) is 6.07 Å². The van der Waals surface area contributed by atoms with Gasteiger partial charge in [0.05, 0.1) is 5.56 Å². The van der Waals surface area contributed by atoms with Gasteiger partial charge in [-0.25, -0.2) is 4.39 Å². The number of H-pyrrole nitrogens is 1. The molecule has 1 aromatic carbocycles. The molecule has 0 saturated heterocycles. The van der Waals surface area contributed by atoms with Gasteiger partial charge in [-0.3, -0.25) is 4.79 Å². The van der Waals surface area contributed by atoms with Crippen molar-refractivity contribution in [2.75, 3.05) is 0 Å². The second-order valence-electron chi connectivity index (χ2n) is 4.10. The molecule has 0 amide bonds. The molecule has 0 fully saturated rings. The van der Waals surface area contributed by atoms with Crippen molar-refractivity contribution < 1.29 is 13.6 Å². The lowest BCUT2D eigenvalue weighted by atomic mass is 10.1. The van der Waals surface area contributed by atoms with Crippen LogP contribution in [0.25, 0.3) is 10.9 Å². The Bertz CT molecular complexity index is 739. The fraction of sp³-hybridized carbons (Fsp3) is 0.0714. The fourth-order valence-corrected chi connectivity index (χ4v) is 2.01. The largest absolute Gasteiger partial charge is 0.458 e. The third-order valence-electron chi connectivity index (χ3n) is 2.86. The van der Waals surface area contributed by atoms with Crippen molar-refractivity contribution in [3.8, 4) is 0 Å². The quantitative estimate of drug-likeness (QED) is 0.701. The van der Waals surface area contributed by atoms with Gasteiger partial charge in [0.1, 0.15) is 11.6 Å². The van der Waals surface area contributed by atoms with E-state index in [1.807, 2.05) is 0 Å². The number of nitrogens with one attached hydrogen (secondary N) is 1. The van der Waals surface area contributed by atoms with E-state index in [0.717, 1.165) is 0 Å². The van der Waals surface area contributed by atoms with E-state index in [1.54, 1.807) is 31.2 Å². The lowest BCUT2D eigenvalue weighted by Crippen LogP contribution is -1.99. The lowest BCUT2D eigenvalue weighted by Gasteiger charge is -1.97. The van der Waals surface area contributed by atoms with Gasteiger partial charge in [-0.15, -0.1) is 0 Å². The van der Waals surface area contributed by atoms with E-state index in [4.69, 9.17) is 4.42 Å². The summed E-state index contributed by atoms with van der Waals surface area (Å²) in [5.41, 5.74) is 0.888. The molecular formula is C14H10FNO2. The predicted molar refractivity (Wildman–Crippen MR) is 65.1 cm³/mol. The van der Waals surface area contributed by atoms with E-state index in [-0.39, 0.29) is 17.1 Å². The number of carbonyl (C=O) groups excluding carboxylic acids is 1. The summed E-state index contributed by atoms with van der Waals surface area (Å²) in [6.07, 6.45) is 1.51. The van der Waals surface area contributed by atoms with Crippen LogP contribution in [0.3, 0.4) is 0 Å². The van der Waals surface area contributed by atoms with Crippen molar-refractivity contribution in [3.05, 3.63) is 59.4 Å². The maximum atomic E-state index is 13.8. The van der Waals surface area contributed by atoms with Crippen LogP contribution in [0.15, 0.2) is 40.9 Å². The van der Waals surface area contributed by atoms with E-state index < -0.39 is 5.82 Å². The minimum atomic E-state index is -0.416. The summed E-state index contributed by atoms with van der Waals surface area (Å²) in [5, 5.41) is 0.302. The first-order valence-corrected chi connectivity index (χ1v) is 5.53. The van der Waals surface area contributed by atoms with Gasteiger partial charge in [0.15, 0.2) is 5.76 Å². The summed E-state index contributed by atoms with van der Waals surface area (Å²) in [6.45, 7) is 1.76. The highest BCUT2D eigenvalue weighted by molar-refractivity contribution is 6.15. The SMILES string of the molecule is Cc1ccc(C(=O)c2c[nH]c3cccc(F)c23)o1. The molecule has 4 heteroatoms. The lowest BCUT2D eigenvalue weighted by molar-refractivity contribution is 0.101. The second-order valence-corrected chi connectivity index (χ2v) is 4.10. The van der Waals surface area contributed by atoms with Crippen LogP contribution in [0.1, 0.15) is 21.9 Å². The molecule has 0 spiro atoms. The molecule has 90 valence electrons. The minimum Gasteiger partial charge on any atom is -0.458 e. The van der Waals surface area contributed by atoms with Gasteiger partial charge < -0.3 is 9.40 Å². The van der Waals surface area contributed by atoms with Gasteiger partial charge in [0.25, 0.3) is 0 Å². The highest BCUT2D eigenvalue weighted by Crippen LogP contribution is 2.24. The van der Waals surface area contributed by atoms with E-state index in [2.05, 4.69) is 4.98 Å². The molecule has 2 aromatic heterocycles. The summed E-state index contributed by atoms with van der Waals surface area (Å²) < 4.78 is 19.0. The molecule has 3 aromatic rings. The zero-order chi connectivity index (χ0) is 12.7. The molecule has 0 bridgehead atoms. The fourth-order valence-electron chi connectivity index (χ4n) is 2.01. The van der Waals surface area contributed by atoms with Gasteiger partial charge >= 0.3 is 0 Å². The summed E-state index contributed by atoms with van der Waals surface area (Å²) >= 11 is 0. The predicted octanol–water partition coefficient (Wildman–Crippen LogP) is 3.44. The molecule has 0 radical (unpaired) electrons. The first-order valence-electron chi connectivity index (χ1n) is 5.53. The molecule has 3 nitrogen and oxygen atoms in total. The molecule has 1 N–H and O–H groups in total. The highest BCUT2D eigenvalue weighted by atomic mass is 19.1. The van der Waals surface area contributed by atoms with Crippen LogP contribution in [-0.4, -0.2) is 10.8 Å². The number of halogens is 1. The van der Waals surface area contributed by atoms with Gasteiger partial charge in [-0.05, 0) is 31.2 Å². The summed E-state index contributed by atoms with van der Waals surface area (Å²) in [6, 6.07) is 7.96. The molecule has 0 unspecified atom stereocenters. The normalized spacial score (nSPS) is 11.0. The second kappa shape index (κ2) is 3.84. The van der Waals surface area contributed by atoms with E-state index in [1.165, 1.54) is 12.3 Å². The number of benzene rings is 1. The van der Waals surface area contributed by atoms with Crippen LogP contribution in [0, 0.1) is 12.7 Å². The number of hydrogen-bond acceptors (Lipinski definition) is 2. The topological polar surface area (TPSA) is 46.0 Å². The Morgan fingerprint density at radius 2 is 2.11 bits per heavy atom. The average Bonchev–Trinajstić information content (AvgIpc) is 2.95. The smallest absolute Gasteiger partial charge is 0.230 e. The number of aromatic amines is 1. The van der Waals surface area contributed by atoms with Crippen LogP contribution in [0.4, 0.5) is 4.39 Å². The zero-order valence-electron chi connectivity index (χ0n) is 9.66. The standard InChI is InChI=1S/C14H10FNO2/c1-8-5-6-12(18-8)14(17)9-7-16-11-4-2-3-10(15)13(9)11/h2-7,16H,1H3. The molecule has 0 aliphatic heterocycles. The molecule has 0 atom stereocenters. The van der Waals surface area contributed by atoms with Crippen LogP contribution in [-0.2, 0) is 0 Å². The molecular weight excluding hydrogens is 233 g/mol. The first-order chi connectivity index (χ1) is 8.66. The number of aromatic nitrogens is 1. The van der Waals surface area contributed by atoms with E-state index in [9.17, 15) is 9.18 Å². The molecule has 0 aliphatic carbocycles. The van der Waals surface area contributed by atoms with E-state index >= 15 is 0 Å². The Balaban J connectivity index is 2.18. The Labute approximate surface area is 102 Å². The Kier molecular flexibility index (Phi) is 2.30. The summed E-state index contributed by atoms with van der Waals surface area (Å²) in [7, 11) is 0. The van der Waals surface area contributed by atoms with E-state index in [0.29, 0.717) is 16.7 Å². The molecule has 0 saturated carbocycles. The van der Waals surface area contributed by atoms with Crippen molar-refractivity contribution >= 4 is 16.7 Å². The first kappa shape index (κ1) is 10.8. The third kappa shape index (κ3) is 1.54. The Hall–Kier alpha value is -2.36. The minimum absolute atomic E-state index is 0.219. The summed E-state index contributed by atoms with van der Waals surface area (Å²) in [4.78, 5) is 15.1. The maximum Gasteiger partial charge on any atom is 0.230 e. The van der Waals surface area contributed by atoms with Gasteiger partial charge in [-0.2, -0.15) is 0 Å².